The van der Waals surface area contributed by atoms with E-state index in [9.17, 15) is 5.11 Å². The molecule has 1 aliphatic rings. The summed E-state index contributed by atoms with van der Waals surface area (Å²) in [5.41, 5.74) is 0. The Labute approximate surface area is 85.3 Å². The fourth-order valence-electron chi connectivity index (χ4n) is 1.62. The molecule has 0 amide bonds. The Morgan fingerprint density at radius 3 is 2.57 bits per heavy atom. The molecule has 1 fully saturated rings. The van der Waals surface area contributed by atoms with Crippen molar-refractivity contribution < 1.29 is 14.9 Å². The van der Waals surface area contributed by atoms with Gasteiger partial charge in [-0.05, 0) is 19.4 Å². The van der Waals surface area contributed by atoms with E-state index in [1.54, 1.807) is 0 Å². The van der Waals surface area contributed by atoms with Crippen molar-refractivity contribution in [3.05, 3.63) is 0 Å². The summed E-state index contributed by atoms with van der Waals surface area (Å²) in [6.07, 6.45) is 3.88. The van der Waals surface area contributed by atoms with Crippen molar-refractivity contribution in [1.29, 1.82) is 0 Å². The van der Waals surface area contributed by atoms with Gasteiger partial charge in [0.1, 0.15) is 0 Å². The van der Waals surface area contributed by atoms with Crippen LogP contribution in [0.1, 0.15) is 25.7 Å². The zero-order valence-electron chi connectivity index (χ0n) is 8.61. The van der Waals surface area contributed by atoms with Gasteiger partial charge in [0.05, 0.1) is 25.4 Å². The van der Waals surface area contributed by atoms with Crippen molar-refractivity contribution in [3.63, 3.8) is 0 Å². The Hall–Kier alpha value is -0.160. The highest BCUT2D eigenvalue weighted by molar-refractivity contribution is 4.80. The highest BCUT2D eigenvalue weighted by Gasteiger charge is 2.24. The van der Waals surface area contributed by atoms with Crippen LogP contribution in [0.5, 0.6) is 0 Å². The zero-order valence-corrected chi connectivity index (χ0v) is 8.61. The van der Waals surface area contributed by atoms with E-state index in [0.29, 0.717) is 19.8 Å². The van der Waals surface area contributed by atoms with E-state index in [1.807, 2.05) is 0 Å². The standard InChI is InChI=1S/C10H21NO3/c12-6-4-2-1-3-5-11-9-7-14-8-10(9)13/h9-13H,1-8H2. The average Bonchev–Trinajstić information content (AvgIpc) is 2.58. The first-order chi connectivity index (χ1) is 6.84. The van der Waals surface area contributed by atoms with Crippen molar-refractivity contribution in [2.24, 2.45) is 0 Å². The molecule has 1 saturated heterocycles. The summed E-state index contributed by atoms with van der Waals surface area (Å²) in [6.45, 7) is 2.30. The Morgan fingerprint density at radius 1 is 1.14 bits per heavy atom. The Kier molecular flexibility index (Phi) is 6.10. The maximum Gasteiger partial charge on any atom is 0.0948 e. The summed E-state index contributed by atoms with van der Waals surface area (Å²) < 4.78 is 5.12. The molecule has 1 rings (SSSR count). The Morgan fingerprint density at radius 2 is 1.93 bits per heavy atom. The van der Waals surface area contributed by atoms with Gasteiger partial charge in [-0.25, -0.2) is 0 Å². The fraction of sp³-hybridized carbons (Fsp3) is 1.00. The smallest absolute Gasteiger partial charge is 0.0948 e. The van der Waals surface area contributed by atoms with Gasteiger partial charge in [0, 0.05) is 6.61 Å². The van der Waals surface area contributed by atoms with Crippen LogP contribution in [0, 0.1) is 0 Å². The van der Waals surface area contributed by atoms with E-state index in [4.69, 9.17) is 9.84 Å². The maximum absolute atomic E-state index is 9.41. The highest BCUT2D eigenvalue weighted by Crippen LogP contribution is 2.05. The number of hydrogen-bond donors (Lipinski definition) is 3. The molecule has 0 aliphatic carbocycles. The minimum Gasteiger partial charge on any atom is -0.396 e. The Balaban J connectivity index is 1.88. The summed E-state index contributed by atoms with van der Waals surface area (Å²) in [7, 11) is 0. The van der Waals surface area contributed by atoms with Crippen molar-refractivity contribution in [2.75, 3.05) is 26.4 Å². The van der Waals surface area contributed by atoms with Gasteiger partial charge in [-0.15, -0.1) is 0 Å². The van der Waals surface area contributed by atoms with Crippen LogP contribution >= 0.6 is 0 Å². The molecule has 4 nitrogen and oxygen atoms in total. The lowest BCUT2D eigenvalue weighted by Crippen LogP contribution is -2.39. The van der Waals surface area contributed by atoms with Crippen LogP contribution in [0.25, 0.3) is 0 Å². The third-order valence-corrected chi connectivity index (χ3v) is 2.54. The first-order valence-corrected chi connectivity index (χ1v) is 5.44. The molecule has 0 radical (unpaired) electrons. The van der Waals surface area contributed by atoms with Crippen LogP contribution in [0.2, 0.25) is 0 Å². The van der Waals surface area contributed by atoms with Gasteiger partial charge in [0.25, 0.3) is 0 Å². The first-order valence-electron chi connectivity index (χ1n) is 5.44. The number of ether oxygens (including phenoxy) is 1. The van der Waals surface area contributed by atoms with Crippen LogP contribution in [0.4, 0.5) is 0 Å². The number of rotatable bonds is 7. The maximum atomic E-state index is 9.41. The van der Waals surface area contributed by atoms with E-state index in [0.717, 1.165) is 32.2 Å². The molecule has 0 spiro atoms. The van der Waals surface area contributed by atoms with Crippen molar-refractivity contribution in [3.8, 4) is 0 Å². The summed E-state index contributed by atoms with van der Waals surface area (Å²) in [5.74, 6) is 0. The lowest BCUT2D eigenvalue weighted by atomic mass is 10.1. The molecular formula is C10H21NO3. The summed E-state index contributed by atoms with van der Waals surface area (Å²) in [4.78, 5) is 0. The van der Waals surface area contributed by atoms with Gasteiger partial charge >= 0.3 is 0 Å². The number of aliphatic hydroxyl groups excluding tert-OH is 2. The minimum absolute atomic E-state index is 0.118. The van der Waals surface area contributed by atoms with Gasteiger partial charge in [0.2, 0.25) is 0 Å². The second-order valence-electron chi connectivity index (χ2n) is 3.80. The zero-order chi connectivity index (χ0) is 10.2. The molecule has 0 aromatic rings. The number of nitrogens with one attached hydrogen (secondary N) is 1. The van der Waals surface area contributed by atoms with Crippen LogP contribution in [-0.4, -0.2) is 48.7 Å². The highest BCUT2D eigenvalue weighted by atomic mass is 16.5. The van der Waals surface area contributed by atoms with E-state index in [-0.39, 0.29) is 12.1 Å². The van der Waals surface area contributed by atoms with Crippen LogP contribution in [-0.2, 0) is 4.74 Å². The monoisotopic (exact) mass is 203 g/mol. The third kappa shape index (κ3) is 4.37. The molecule has 84 valence electrons. The number of unbranched alkanes of at least 4 members (excludes halogenated alkanes) is 3. The lowest BCUT2D eigenvalue weighted by molar-refractivity contribution is 0.122. The van der Waals surface area contributed by atoms with E-state index in [2.05, 4.69) is 5.32 Å². The number of aliphatic hydroxyl groups is 2. The van der Waals surface area contributed by atoms with Crippen LogP contribution in [0.15, 0.2) is 0 Å². The van der Waals surface area contributed by atoms with Crippen molar-refractivity contribution >= 4 is 0 Å². The Bertz CT molecular complexity index is 143. The van der Waals surface area contributed by atoms with E-state index >= 15 is 0 Å². The van der Waals surface area contributed by atoms with E-state index < -0.39 is 0 Å². The van der Waals surface area contributed by atoms with Crippen molar-refractivity contribution in [1.82, 2.24) is 5.32 Å². The summed E-state index contributed by atoms with van der Waals surface area (Å²) >= 11 is 0. The third-order valence-electron chi connectivity index (χ3n) is 2.54. The number of hydrogen-bond acceptors (Lipinski definition) is 4. The molecule has 14 heavy (non-hydrogen) atoms. The quantitative estimate of drug-likeness (QED) is 0.505. The molecule has 0 aromatic heterocycles. The largest absolute Gasteiger partial charge is 0.396 e. The summed E-state index contributed by atoms with van der Waals surface area (Å²) in [6, 6.07) is 0.118. The second kappa shape index (κ2) is 7.17. The van der Waals surface area contributed by atoms with Crippen molar-refractivity contribution in [2.45, 2.75) is 37.8 Å². The molecule has 2 atom stereocenters. The predicted molar refractivity (Wildman–Crippen MR) is 54.2 cm³/mol. The first kappa shape index (κ1) is 11.9. The molecule has 3 N–H and O–H groups in total. The van der Waals surface area contributed by atoms with Crippen LogP contribution < -0.4 is 5.32 Å². The minimum atomic E-state index is -0.340. The SMILES string of the molecule is OCCCCCCNC1COCC1O. The molecule has 4 heteroatoms. The van der Waals surface area contributed by atoms with Gasteiger partial charge in [-0.1, -0.05) is 12.8 Å². The molecule has 0 bridgehead atoms. The van der Waals surface area contributed by atoms with Gasteiger partial charge < -0.3 is 20.3 Å². The molecule has 1 aliphatic heterocycles. The molecule has 1 heterocycles. The van der Waals surface area contributed by atoms with Gasteiger partial charge in [-0.3, -0.25) is 0 Å². The molecular weight excluding hydrogens is 182 g/mol. The topological polar surface area (TPSA) is 61.7 Å². The van der Waals surface area contributed by atoms with E-state index in [1.165, 1.54) is 0 Å². The average molecular weight is 203 g/mol. The second-order valence-corrected chi connectivity index (χ2v) is 3.80. The fourth-order valence-corrected chi connectivity index (χ4v) is 1.62. The normalized spacial score (nSPS) is 27.0. The lowest BCUT2D eigenvalue weighted by Gasteiger charge is -2.13. The molecule has 0 aromatic carbocycles. The predicted octanol–water partition coefficient (Wildman–Crippen LogP) is -0.112. The molecule has 2 unspecified atom stereocenters. The summed E-state index contributed by atoms with van der Waals surface area (Å²) in [5, 5.41) is 21.2. The molecule has 0 saturated carbocycles. The van der Waals surface area contributed by atoms with Crippen LogP contribution in [0.3, 0.4) is 0 Å². The van der Waals surface area contributed by atoms with Gasteiger partial charge in [0.15, 0.2) is 0 Å². The van der Waals surface area contributed by atoms with Gasteiger partial charge in [-0.2, -0.15) is 0 Å².